The van der Waals surface area contributed by atoms with Crippen LogP contribution in [0.25, 0.3) is 11.0 Å². The van der Waals surface area contributed by atoms with Gasteiger partial charge in [-0.3, -0.25) is 0 Å². The molecule has 0 saturated carbocycles. The molecule has 5 nitrogen and oxygen atoms in total. The first kappa shape index (κ1) is 33.8. The van der Waals surface area contributed by atoms with E-state index in [4.69, 9.17) is 18.6 Å². The summed E-state index contributed by atoms with van der Waals surface area (Å²) in [6, 6.07) is 5.60. The largest absolute Gasteiger partial charge is 0.493 e. The smallest absolute Gasteiger partial charge is 0.383 e. The zero-order valence-electron chi connectivity index (χ0n) is 25.8. The Morgan fingerprint density at radius 3 is 1.77 bits per heavy atom. The number of hydrogen-bond donors (Lipinski definition) is 0. The first-order valence-corrected chi connectivity index (χ1v) is 16.4. The Labute approximate surface area is 243 Å². The van der Waals surface area contributed by atoms with E-state index < -0.39 is 5.63 Å². The second-order valence-corrected chi connectivity index (χ2v) is 10.8. The van der Waals surface area contributed by atoms with Crippen molar-refractivity contribution in [2.24, 2.45) is 0 Å². The number of rotatable bonds is 25. The van der Waals surface area contributed by atoms with Gasteiger partial charge >= 0.3 is 5.63 Å². The second-order valence-electron chi connectivity index (χ2n) is 10.8. The van der Waals surface area contributed by atoms with Crippen molar-refractivity contribution in [3.8, 4) is 17.2 Å². The summed E-state index contributed by atoms with van der Waals surface area (Å²) in [5.74, 6) is 1.30. The summed E-state index contributed by atoms with van der Waals surface area (Å²) < 4.78 is 24.2. The van der Waals surface area contributed by atoms with Gasteiger partial charge in [-0.05, 0) is 37.8 Å². The maximum Gasteiger partial charge on any atom is 0.383 e. The molecule has 1 aromatic carbocycles. The summed E-state index contributed by atoms with van der Waals surface area (Å²) in [7, 11) is 0. The number of allylic oxidation sites excluding steroid dienone is 1. The molecule has 2 rings (SSSR count). The molecule has 0 amide bonds. The fourth-order valence-corrected chi connectivity index (χ4v) is 4.90. The lowest BCUT2D eigenvalue weighted by Gasteiger charge is -2.16. The molecule has 0 bridgehead atoms. The van der Waals surface area contributed by atoms with E-state index in [-0.39, 0.29) is 5.75 Å². The molecular formula is C35H56O5. The minimum absolute atomic E-state index is 0.153. The average Bonchev–Trinajstić information content (AvgIpc) is 2.96. The Bertz CT molecular complexity index is 993. The molecule has 0 atom stereocenters. The summed E-state index contributed by atoms with van der Waals surface area (Å²) in [5, 5.41) is 0.695. The van der Waals surface area contributed by atoms with E-state index in [0.29, 0.717) is 42.3 Å². The third kappa shape index (κ3) is 13.3. The minimum Gasteiger partial charge on any atom is -0.493 e. The van der Waals surface area contributed by atoms with Gasteiger partial charge in [-0.15, -0.1) is 0 Å². The van der Waals surface area contributed by atoms with Gasteiger partial charge in [0, 0.05) is 0 Å². The van der Waals surface area contributed by atoms with Gasteiger partial charge in [0.05, 0.1) is 19.8 Å². The lowest BCUT2D eigenvalue weighted by atomic mass is 10.1. The standard InChI is InChI=1S/C35H56O5/c1-4-7-10-13-15-17-19-22-27-37-30-25-24-26-31-32(30)33(38-28-23-20-18-16-14-11-8-5-2)34(35(36)40-31)39-29-21-12-9-6-3/h9,12,24-26H,4-8,10-11,13-23,27-29H2,1-3H3. The predicted octanol–water partition coefficient (Wildman–Crippen LogP) is 10.6. The molecule has 0 radical (unpaired) electrons. The molecule has 5 heteroatoms. The Balaban J connectivity index is 2.06. The fourth-order valence-electron chi connectivity index (χ4n) is 4.90. The third-order valence-electron chi connectivity index (χ3n) is 7.24. The maximum absolute atomic E-state index is 12.9. The van der Waals surface area contributed by atoms with Gasteiger partial charge in [-0.25, -0.2) is 4.79 Å². The third-order valence-corrected chi connectivity index (χ3v) is 7.24. The second kappa shape index (κ2) is 22.3. The van der Waals surface area contributed by atoms with Crippen LogP contribution in [-0.4, -0.2) is 19.8 Å². The van der Waals surface area contributed by atoms with Crippen LogP contribution in [0.2, 0.25) is 0 Å². The molecule has 1 aromatic heterocycles. The van der Waals surface area contributed by atoms with Crippen LogP contribution in [0.15, 0.2) is 39.6 Å². The zero-order chi connectivity index (χ0) is 28.7. The van der Waals surface area contributed by atoms with Crippen molar-refractivity contribution in [1.82, 2.24) is 0 Å². The van der Waals surface area contributed by atoms with E-state index in [1.54, 1.807) is 6.07 Å². The molecule has 0 unspecified atom stereocenters. The predicted molar refractivity (Wildman–Crippen MR) is 168 cm³/mol. The van der Waals surface area contributed by atoms with Crippen molar-refractivity contribution < 1.29 is 18.6 Å². The number of hydrogen-bond acceptors (Lipinski definition) is 5. The number of unbranched alkanes of at least 4 members (excludes halogenated alkanes) is 14. The summed E-state index contributed by atoms with van der Waals surface area (Å²) in [5.41, 5.74) is -0.0271. The molecule has 40 heavy (non-hydrogen) atoms. The zero-order valence-corrected chi connectivity index (χ0v) is 25.8. The Morgan fingerprint density at radius 2 is 1.18 bits per heavy atom. The lowest BCUT2D eigenvalue weighted by molar-refractivity contribution is 0.255. The van der Waals surface area contributed by atoms with Crippen molar-refractivity contribution in [3.63, 3.8) is 0 Å². The molecule has 0 N–H and O–H groups in total. The van der Waals surface area contributed by atoms with Gasteiger partial charge in [0.1, 0.15) is 16.7 Å². The van der Waals surface area contributed by atoms with Crippen molar-refractivity contribution in [1.29, 1.82) is 0 Å². The summed E-state index contributed by atoms with van der Waals surface area (Å²) >= 11 is 0. The van der Waals surface area contributed by atoms with Gasteiger partial charge in [0.15, 0.2) is 5.75 Å². The highest BCUT2D eigenvalue weighted by Crippen LogP contribution is 2.39. The van der Waals surface area contributed by atoms with E-state index in [1.165, 1.54) is 77.0 Å². The molecule has 0 aliphatic rings. The first-order chi connectivity index (χ1) is 19.7. The van der Waals surface area contributed by atoms with Crippen LogP contribution in [-0.2, 0) is 0 Å². The minimum atomic E-state index is -0.502. The number of fused-ring (bicyclic) bond motifs is 1. The van der Waals surface area contributed by atoms with E-state index in [0.717, 1.165) is 38.5 Å². The van der Waals surface area contributed by atoms with Crippen molar-refractivity contribution in [3.05, 3.63) is 40.8 Å². The molecule has 226 valence electrons. The lowest BCUT2D eigenvalue weighted by Crippen LogP contribution is -2.12. The van der Waals surface area contributed by atoms with Crippen LogP contribution in [0.4, 0.5) is 0 Å². The highest BCUT2D eigenvalue weighted by atomic mass is 16.5. The van der Waals surface area contributed by atoms with E-state index in [1.807, 2.05) is 12.1 Å². The Kier molecular flexibility index (Phi) is 18.8. The van der Waals surface area contributed by atoms with Gasteiger partial charge in [0.25, 0.3) is 0 Å². The maximum atomic E-state index is 12.9. The summed E-state index contributed by atoms with van der Waals surface area (Å²) in [6.07, 6.45) is 25.6. The highest BCUT2D eigenvalue weighted by molar-refractivity contribution is 5.91. The molecule has 0 aliphatic carbocycles. The van der Waals surface area contributed by atoms with Gasteiger partial charge in [-0.1, -0.05) is 129 Å². The average molecular weight is 557 g/mol. The quantitative estimate of drug-likeness (QED) is 0.0691. The molecule has 0 saturated heterocycles. The summed E-state index contributed by atoms with van der Waals surface area (Å²) in [6.45, 7) is 8.15. The summed E-state index contributed by atoms with van der Waals surface area (Å²) in [4.78, 5) is 12.9. The van der Waals surface area contributed by atoms with Crippen molar-refractivity contribution >= 4 is 11.0 Å². The normalized spacial score (nSPS) is 11.5. The van der Waals surface area contributed by atoms with Crippen molar-refractivity contribution in [2.45, 2.75) is 136 Å². The molecule has 0 spiro atoms. The van der Waals surface area contributed by atoms with Crippen LogP contribution in [0, 0.1) is 0 Å². The van der Waals surface area contributed by atoms with Crippen molar-refractivity contribution in [2.75, 3.05) is 19.8 Å². The van der Waals surface area contributed by atoms with Gasteiger partial charge < -0.3 is 18.6 Å². The number of ether oxygens (including phenoxy) is 3. The van der Waals surface area contributed by atoms with Crippen LogP contribution in [0.1, 0.15) is 136 Å². The van der Waals surface area contributed by atoms with Gasteiger partial charge in [-0.2, -0.15) is 0 Å². The Hall–Kier alpha value is -2.43. The number of benzene rings is 1. The molecular weight excluding hydrogens is 500 g/mol. The highest BCUT2D eigenvalue weighted by Gasteiger charge is 2.21. The van der Waals surface area contributed by atoms with Crippen LogP contribution in [0.5, 0.6) is 17.2 Å². The van der Waals surface area contributed by atoms with Crippen LogP contribution in [0.3, 0.4) is 0 Å². The fraction of sp³-hybridized carbons (Fsp3) is 0.686. The Morgan fingerprint density at radius 1 is 0.625 bits per heavy atom. The molecule has 0 aliphatic heterocycles. The monoisotopic (exact) mass is 556 g/mol. The van der Waals surface area contributed by atoms with Crippen LogP contribution < -0.4 is 19.8 Å². The van der Waals surface area contributed by atoms with E-state index in [9.17, 15) is 4.79 Å². The van der Waals surface area contributed by atoms with E-state index in [2.05, 4.69) is 32.9 Å². The molecule has 1 heterocycles. The van der Waals surface area contributed by atoms with Gasteiger partial charge in [0.2, 0.25) is 5.75 Å². The SMILES string of the molecule is CCC=CCCOc1c(OCCCCCCCCCC)c2c(OCCCCCCCCCC)cccc2oc1=O. The van der Waals surface area contributed by atoms with E-state index >= 15 is 0 Å². The molecule has 0 fully saturated rings. The van der Waals surface area contributed by atoms with Crippen LogP contribution >= 0.6 is 0 Å². The molecule has 2 aromatic rings. The topological polar surface area (TPSA) is 57.9 Å². The first-order valence-electron chi connectivity index (χ1n) is 16.4.